The number of rotatable bonds is 1. The molecule has 0 aliphatic heterocycles. The van der Waals surface area contributed by atoms with Crippen LogP contribution >= 0.6 is 0 Å². The highest BCUT2D eigenvalue weighted by atomic mass is 16.4. The standard InChI is InChI=1S/C16H10NO2/c1-17-15-12-8-4-2-6-10(12)14(16(18)19)11-7-3-5-9-13(11)15/h2-9,14H,(H,18,19)/q-1. The van der Waals surface area contributed by atoms with Gasteiger partial charge in [-0.05, 0) is 11.1 Å². The summed E-state index contributed by atoms with van der Waals surface area (Å²) < 4.78 is 0. The minimum Gasteiger partial charge on any atom is -0.481 e. The van der Waals surface area contributed by atoms with Crippen LogP contribution in [0.5, 0.6) is 0 Å². The Kier molecular flexibility index (Phi) is 2.50. The molecule has 3 rings (SSSR count). The van der Waals surface area contributed by atoms with E-state index in [1.807, 2.05) is 36.4 Å². The van der Waals surface area contributed by atoms with Gasteiger partial charge < -0.3 is 9.95 Å². The maximum absolute atomic E-state index is 11.6. The van der Waals surface area contributed by atoms with Crippen molar-refractivity contribution in [3.8, 4) is 0 Å². The van der Waals surface area contributed by atoms with E-state index in [0.717, 1.165) is 11.1 Å². The van der Waals surface area contributed by atoms with Crippen LogP contribution < -0.4 is 0 Å². The van der Waals surface area contributed by atoms with Gasteiger partial charge in [-0.25, -0.2) is 0 Å². The number of hydrogen-bond donors (Lipinski definition) is 1. The second-order valence-electron chi connectivity index (χ2n) is 4.41. The van der Waals surface area contributed by atoms with Crippen molar-refractivity contribution in [1.82, 2.24) is 0 Å². The van der Waals surface area contributed by atoms with E-state index in [-0.39, 0.29) is 0 Å². The Balaban J connectivity index is 2.33. The Morgan fingerprint density at radius 1 is 1.05 bits per heavy atom. The number of nitrogens with zero attached hydrogens (tertiary/aromatic N) is 1. The number of hydrogen-bond acceptors (Lipinski definition) is 1. The summed E-state index contributed by atoms with van der Waals surface area (Å²) in [6.45, 7) is 7.37. The zero-order valence-corrected chi connectivity index (χ0v) is 10.00. The average molecular weight is 248 g/mol. The van der Waals surface area contributed by atoms with Crippen LogP contribution in [-0.4, -0.2) is 11.1 Å². The molecule has 0 fully saturated rings. The zero-order valence-electron chi connectivity index (χ0n) is 10.00. The SMILES string of the molecule is [C-]#[N+][C-]1c2ccccc2C(C(=O)O)c2ccccc21. The quantitative estimate of drug-likeness (QED) is 0.788. The van der Waals surface area contributed by atoms with Gasteiger partial charge in [0, 0.05) is 6.04 Å². The Morgan fingerprint density at radius 2 is 1.53 bits per heavy atom. The van der Waals surface area contributed by atoms with E-state index in [9.17, 15) is 9.90 Å². The molecule has 0 aromatic heterocycles. The zero-order chi connectivity index (χ0) is 13.4. The number of carboxylic acid groups (broad SMARTS) is 1. The van der Waals surface area contributed by atoms with Crippen LogP contribution in [0.15, 0.2) is 48.5 Å². The van der Waals surface area contributed by atoms with Crippen LogP contribution in [0.25, 0.3) is 4.85 Å². The van der Waals surface area contributed by atoms with E-state index in [2.05, 4.69) is 4.85 Å². The van der Waals surface area contributed by atoms with Gasteiger partial charge >= 0.3 is 5.97 Å². The normalized spacial score (nSPS) is 13.3. The van der Waals surface area contributed by atoms with Crippen LogP contribution in [0.3, 0.4) is 0 Å². The minimum absolute atomic E-state index is 0.531. The second kappa shape index (κ2) is 4.18. The van der Waals surface area contributed by atoms with Crippen molar-refractivity contribution in [1.29, 1.82) is 0 Å². The molecule has 2 aromatic carbocycles. The molecule has 92 valence electrons. The maximum atomic E-state index is 11.6. The fourth-order valence-corrected chi connectivity index (χ4v) is 2.63. The first kappa shape index (κ1) is 11.4. The first-order chi connectivity index (χ1) is 9.24. The molecular formula is C16H10NO2-. The largest absolute Gasteiger partial charge is 0.481 e. The third-order valence-electron chi connectivity index (χ3n) is 3.41. The van der Waals surface area contributed by atoms with Crippen molar-refractivity contribution in [2.45, 2.75) is 5.92 Å². The van der Waals surface area contributed by atoms with Crippen molar-refractivity contribution in [3.05, 3.63) is 88.2 Å². The monoisotopic (exact) mass is 248 g/mol. The molecule has 3 nitrogen and oxygen atoms in total. The second-order valence-corrected chi connectivity index (χ2v) is 4.41. The van der Waals surface area contributed by atoms with Crippen LogP contribution in [0.1, 0.15) is 28.2 Å². The van der Waals surface area contributed by atoms with E-state index in [1.54, 1.807) is 12.1 Å². The third kappa shape index (κ3) is 1.58. The molecule has 0 bridgehead atoms. The summed E-state index contributed by atoms with van der Waals surface area (Å²) >= 11 is 0. The molecule has 0 amide bonds. The van der Waals surface area contributed by atoms with Gasteiger partial charge in [0.15, 0.2) is 0 Å². The van der Waals surface area contributed by atoms with Gasteiger partial charge in [-0.15, -0.1) is 0 Å². The topological polar surface area (TPSA) is 41.7 Å². The summed E-state index contributed by atoms with van der Waals surface area (Å²) in [6, 6.07) is 15.0. The molecule has 0 saturated heterocycles. The Morgan fingerprint density at radius 3 is 1.95 bits per heavy atom. The molecule has 19 heavy (non-hydrogen) atoms. The summed E-state index contributed by atoms with van der Waals surface area (Å²) in [5.74, 6) is -1.58. The molecule has 0 heterocycles. The van der Waals surface area contributed by atoms with Crippen LogP contribution in [0, 0.1) is 12.6 Å². The first-order valence-corrected chi connectivity index (χ1v) is 5.90. The summed E-state index contributed by atoms with van der Waals surface area (Å²) in [4.78, 5) is 15.2. The molecular weight excluding hydrogens is 238 g/mol. The molecule has 1 N–H and O–H groups in total. The van der Waals surface area contributed by atoms with E-state index in [0.29, 0.717) is 17.2 Å². The van der Waals surface area contributed by atoms with Crippen molar-refractivity contribution in [3.63, 3.8) is 0 Å². The van der Waals surface area contributed by atoms with Crippen LogP contribution in [0.4, 0.5) is 0 Å². The van der Waals surface area contributed by atoms with Crippen molar-refractivity contribution < 1.29 is 9.90 Å². The van der Waals surface area contributed by atoms with Crippen molar-refractivity contribution in [2.75, 3.05) is 0 Å². The third-order valence-corrected chi connectivity index (χ3v) is 3.41. The van der Waals surface area contributed by atoms with E-state index in [1.165, 1.54) is 0 Å². The molecule has 1 aliphatic rings. The lowest BCUT2D eigenvalue weighted by molar-refractivity contribution is -0.137. The number of aliphatic carboxylic acids is 1. The van der Waals surface area contributed by atoms with Gasteiger partial charge in [0.05, 0.1) is 0 Å². The van der Waals surface area contributed by atoms with Gasteiger partial charge in [0.2, 0.25) is 0 Å². The first-order valence-electron chi connectivity index (χ1n) is 5.90. The van der Waals surface area contributed by atoms with Gasteiger partial charge in [-0.2, -0.15) is 0 Å². The summed E-state index contributed by atoms with van der Waals surface area (Å²) in [5, 5.41) is 9.50. The lowest BCUT2D eigenvalue weighted by Crippen LogP contribution is -2.22. The summed E-state index contributed by atoms with van der Waals surface area (Å²) in [5.41, 5.74) is 2.84. The van der Waals surface area contributed by atoms with E-state index < -0.39 is 11.9 Å². The van der Waals surface area contributed by atoms with Crippen molar-refractivity contribution >= 4 is 5.97 Å². The van der Waals surface area contributed by atoms with Crippen molar-refractivity contribution in [2.24, 2.45) is 0 Å². The van der Waals surface area contributed by atoms with Crippen LogP contribution in [-0.2, 0) is 4.79 Å². The fourth-order valence-electron chi connectivity index (χ4n) is 2.63. The number of carboxylic acids is 1. The highest BCUT2D eigenvalue weighted by molar-refractivity contribution is 5.85. The minimum atomic E-state index is -0.885. The highest BCUT2D eigenvalue weighted by Gasteiger charge is 2.31. The number of carbonyl (C=O) groups is 1. The highest BCUT2D eigenvalue weighted by Crippen LogP contribution is 2.43. The molecule has 1 aliphatic carbocycles. The smallest absolute Gasteiger partial charge is 0.315 e. The molecule has 0 atom stereocenters. The molecule has 0 unspecified atom stereocenters. The Labute approximate surface area is 111 Å². The Hall–Kier alpha value is -2.73. The van der Waals surface area contributed by atoms with Gasteiger partial charge in [0.1, 0.15) is 5.92 Å². The Bertz CT molecular complexity index is 652. The van der Waals surface area contributed by atoms with Crippen LogP contribution in [0.2, 0.25) is 0 Å². The van der Waals surface area contributed by atoms with E-state index in [4.69, 9.17) is 6.57 Å². The predicted molar refractivity (Wildman–Crippen MR) is 70.4 cm³/mol. The molecule has 0 radical (unpaired) electrons. The average Bonchev–Trinajstić information content (AvgIpc) is 2.44. The van der Waals surface area contributed by atoms with E-state index >= 15 is 0 Å². The summed E-state index contributed by atoms with van der Waals surface area (Å²) in [6.07, 6.45) is 0. The lowest BCUT2D eigenvalue weighted by Gasteiger charge is -2.34. The van der Waals surface area contributed by atoms with Gasteiger partial charge in [0.25, 0.3) is 0 Å². The number of benzene rings is 2. The molecule has 0 saturated carbocycles. The fraction of sp³-hybridized carbons (Fsp3) is 0.0625. The van der Waals surface area contributed by atoms with Gasteiger partial charge in [-0.1, -0.05) is 59.7 Å². The van der Waals surface area contributed by atoms with Gasteiger partial charge in [-0.3, -0.25) is 11.4 Å². The maximum Gasteiger partial charge on any atom is 0.315 e. The molecule has 0 spiro atoms. The molecule has 2 aromatic rings. The number of fused-ring (bicyclic) bond motifs is 2. The predicted octanol–water partition coefficient (Wildman–Crippen LogP) is 3.06. The lowest BCUT2D eigenvalue weighted by atomic mass is 9.76. The summed E-state index contributed by atoms with van der Waals surface area (Å²) in [7, 11) is 0. The molecule has 3 heteroatoms.